The van der Waals surface area contributed by atoms with E-state index in [1.54, 1.807) is 0 Å². The number of nitro groups is 1. The number of carbonyl (C=O) groups is 1. The molecule has 2 aromatic carbocycles. The molecule has 4 rings (SSSR count). The van der Waals surface area contributed by atoms with E-state index in [9.17, 15) is 19.7 Å². The van der Waals surface area contributed by atoms with Crippen molar-refractivity contribution in [1.82, 2.24) is 19.7 Å². The molecule has 1 saturated heterocycles. The predicted octanol–water partition coefficient (Wildman–Crippen LogP) is 2.39. The Balaban J connectivity index is 1.37. The van der Waals surface area contributed by atoms with E-state index in [0.29, 0.717) is 11.9 Å². The smallest absolute Gasteiger partial charge is 0.407 e. The summed E-state index contributed by atoms with van der Waals surface area (Å²) in [5.74, 6) is -0.674. The molecule has 34 heavy (non-hydrogen) atoms. The minimum absolute atomic E-state index is 0.0838. The molecule has 1 amide bonds. The monoisotopic (exact) mass is 467 g/mol. The lowest BCUT2D eigenvalue weighted by molar-refractivity contribution is -0.384. The van der Waals surface area contributed by atoms with Crippen LogP contribution in [0.4, 0.5) is 5.69 Å². The first-order chi connectivity index (χ1) is 16.4. The Morgan fingerprint density at radius 1 is 1.15 bits per heavy atom. The van der Waals surface area contributed by atoms with Crippen LogP contribution in [0.25, 0.3) is 11.1 Å². The molecule has 3 aromatic rings. The van der Waals surface area contributed by atoms with Crippen LogP contribution in [0.5, 0.6) is 0 Å². The van der Waals surface area contributed by atoms with Gasteiger partial charge in [-0.05, 0) is 25.1 Å². The molecule has 0 radical (unpaired) electrons. The van der Waals surface area contributed by atoms with Crippen molar-refractivity contribution in [3.05, 3.63) is 74.8 Å². The third kappa shape index (κ3) is 5.70. The van der Waals surface area contributed by atoms with Crippen LogP contribution in [0.2, 0.25) is 0 Å². The number of non-ortho nitro benzene ring substituents is 1. The van der Waals surface area contributed by atoms with Gasteiger partial charge in [0.25, 0.3) is 5.69 Å². The molecule has 2 heterocycles. The van der Waals surface area contributed by atoms with Crippen LogP contribution in [0.3, 0.4) is 0 Å². The van der Waals surface area contributed by atoms with Gasteiger partial charge in [-0.15, -0.1) is 0 Å². The maximum atomic E-state index is 12.8. The second-order valence-electron chi connectivity index (χ2n) is 8.67. The largest absolute Gasteiger partial charge is 0.419 e. The lowest BCUT2D eigenvalue weighted by Gasteiger charge is -2.35. The van der Waals surface area contributed by atoms with E-state index in [4.69, 9.17) is 4.42 Å². The summed E-state index contributed by atoms with van der Waals surface area (Å²) in [7, 11) is 2.11. The highest BCUT2D eigenvalue weighted by Crippen LogP contribution is 2.20. The summed E-state index contributed by atoms with van der Waals surface area (Å²) in [4.78, 5) is 40.1. The van der Waals surface area contributed by atoms with Crippen molar-refractivity contribution in [1.29, 1.82) is 0 Å². The third-order valence-corrected chi connectivity index (χ3v) is 6.22. The van der Waals surface area contributed by atoms with Crippen LogP contribution in [0.1, 0.15) is 24.4 Å². The first-order valence-electron chi connectivity index (χ1n) is 11.4. The van der Waals surface area contributed by atoms with Gasteiger partial charge in [-0.1, -0.05) is 30.3 Å². The Kier molecular flexibility index (Phi) is 7.39. The highest BCUT2D eigenvalue weighted by atomic mass is 16.6. The van der Waals surface area contributed by atoms with Gasteiger partial charge in [0, 0.05) is 51.8 Å². The second kappa shape index (κ2) is 10.6. The first kappa shape index (κ1) is 23.7. The van der Waals surface area contributed by atoms with Gasteiger partial charge in [-0.3, -0.25) is 24.4 Å². The average Bonchev–Trinajstić information content (AvgIpc) is 3.15. The van der Waals surface area contributed by atoms with Crippen molar-refractivity contribution < 1.29 is 14.1 Å². The lowest BCUT2D eigenvalue weighted by atomic mass is 10.1. The third-order valence-electron chi connectivity index (χ3n) is 6.22. The standard InChI is InChI=1S/C24H29N5O5/c1-26-12-14-27(15-13-26)17-20(18-6-3-2-4-7-18)25-23(30)8-5-11-28-21-10-9-19(29(32)33)16-22(21)34-24(28)31/h2-4,6-7,9-10,16,20H,5,8,11-15,17H2,1H3,(H,25,30). The first-order valence-corrected chi connectivity index (χ1v) is 11.4. The van der Waals surface area contributed by atoms with Crippen molar-refractivity contribution in [2.75, 3.05) is 39.8 Å². The number of nitrogens with one attached hydrogen (secondary N) is 1. The molecule has 0 aliphatic carbocycles. The number of piperazine rings is 1. The van der Waals surface area contributed by atoms with Gasteiger partial charge in [-0.2, -0.15) is 0 Å². The number of aryl methyl sites for hydroxylation is 1. The maximum absolute atomic E-state index is 12.8. The molecule has 0 bridgehead atoms. The molecular weight excluding hydrogens is 438 g/mol. The number of nitrogens with zero attached hydrogens (tertiary/aromatic N) is 4. The number of likely N-dealkylation sites (N-methyl/N-ethyl adjacent to an activating group) is 1. The fourth-order valence-electron chi connectivity index (χ4n) is 4.25. The van der Waals surface area contributed by atoms with Crippen molar-refractivity contribution in [3.8, 4) is 0 Å². The van der Waals surface area contributed by atoms with Crippen LogP contribution in [-0.4, -0.2) is 65.0 Å². The van der Waals surface area contributed by atoms with Gasteiger partial charge in [0.2, 0.25) is 5.91 Å². The number of carbonyl (C=O) groups excluding carboxylic acids is 1. The van der Waals surface area contributed by atoms with Gasteiger partial charge in [0.15, 0.2) is 5.58 Å². The fourth-order valence-corrected chi connectivity index (χ4v) is 4.25. The number of hydrogen-bond acceptors (Lipinski definition) is 7. The molecule has 1 aliphatic heterocycles. The second-order valence-corrected chi connectivity index (χ2v) is 8.67. The Morgan fingerprint density at radius 2 is 1.88 bits per heavy atom. The predicted molar refractivity (Wildman–Crippen MR) is 128 cm³/mol. The molecule has 0 saturated carbocycles. The van der Waals surface area contributed by atoms with Gasteiger partial charge in [0.05, 0.1) is 22.5 Å². The van der Waals surface area contributed by atoms with E-state index < -0.39 is 10.7 Å². The molecule has 10 heteroatoms. The number of nitro benzene ring substituents is 1. The zero-order valence-electron chi connectivity index (χ0n) is 19.2. The van der Waals surface area contributed by atoms with Gasteiger partial charge in [-0.25, -0.2) is 4.79 Å². The summed E-state index contributed by atoms with van der Waals surface area (Å²) in [5, 5.41) is 14.1. The molecule has 1 unspecified atom stereocenters. The Hall–Kier alpha value is -3.50. The Labute approximate surface area is 196 Å². The molecule has 180 valence electrons. The van der Waals surface area contributed by atoms with Crippen LogP contribution in [0.15, 0.2) is 57.7 Å². The SMILES string of the molecule is CN1CCN(CC(NC(=O)CCCn2c(=O)oc3cc([N+](=O)[O-])ccc32)c2ccccc2)CC1. The number of amides is 1. The van der Waals surface area contributed by atoms with Crippen LogP contribution in [-0.2, 0) is 11.3 Å². The topological polar surface area (TPSA) is 114 Å². The normalized spacial score (nSPS) is 15.9. The number of fused-ring (bicyclic) bond motifs is 1. The van der Waals surface area contributed by atoms with E-state index >= 15 is 0 Å². The van der Waals surface area contributed by atoms with E-state index in [-0.39, 0.29) is 36.2 Å². The average molecular weight is 468 g/mol. The minimum Gasteiger partial charge on any atom is -0.407 e. The van der Waals surface area contributed by atoms with E-state index in [2.05, 4.69) is 22.2 Å². The number of hydrogen-bond donors (Lipinski definition) is 1. The van der Waals surface area contributed by atoms with Gasteiger partial charge in [0.1, 0.15) is 0 Å². The zero-order chi connectivity index (χ0) is 24.1. The Bertz CT molecular complexity index is 1200. The Morgan fingerprint density at radius 3 is 2.59 bits per heavy atom. The summed E-state index contributed by atoms with van der Waals surface area (Å²) < 4.78 is 6.56. The summed E-state index contributed by atoms with van der Waals surface area (Å²) in [6.45, 7) is 4.96. The van der Waals surface area contributed by atoms with Crippen molar-refractivity contribution in [2.45, 2.75) is 25.4 Å². The van der Waals surface area contributed by atoms with Gasteiger partial charge < -0.3 is 14.6 Å². The van der Waals surface area contributed by atoms with Gasteiger partial charge >= 0.3 is 5.76 Å². The fraction of sp³-hybridized carbons (Fsp3) is 0.417. The van der Waals surface area contributed by atoms with E-state index in [1.807, 2.05) is 30.3 Å². The molecule has 1 aromatic heterocycles. The number of benzene rings is 2. The highest BCUT2D eigenvalue weighted by Gasteiger charge is 2.21. The van der Waals surface area contributed by atoms with E-state index in [0.717, 1.165) is 38.3 Å². The van der Waals surface area contributed by atoms with Crippen LogP contribution >= 0.6 is 0 Å². The number of aromatic nitrogens is 1. The quantitative estimate of drug-likeness (QED) is 0.380. The number of oxazole rings is 1. The maximum Gasteiger partial charge on any atom is 0.419 e. The van der Waals surface area contributed by atoms with Crippen LogP contribution in [0, 0.1) is 10.1 Å². The van der Waals surface area contributed by atoms with Crippen LogP contribution < -0.4 is 11.1 Å². The van der Waals surface area contributed by atoms with Crippen molar-refractivity contribution in [2.24, 2.45) is 0 Å². The molecule has 1 N–H and O–H groups in total. The molecule has 1 fully saturated rings. The summed E-state index contributed by atoms with van der Waals surface area (Å²) in [6.07, 6.45) is 0.686. The highest BCUT2D eigenvalue weighted by molar-refractivity contribution is 5.77. The molecule has 0 spiro atoms. The molecule has 1 atom stereocenters. The summed E-state index contributed by atoms with van der Waals surface area (Å²) in [6, 6.07) is 13.9. The minimum atomic E-state index is -0.590. The summed E-state index contributed by atoms with van der Waals surface area (Å²) >= 11 is 0. The molecule has 1 aliphatic rings. The zero-order valence-corrected chi connectivity index (χ0v) is 19.2. The van der Waals surface area contributed by atoms with Crippen molar-refractivity contribution >= 4 is 22.7 Å². The summed E-state index contributed by atoms with van der Waals surface area (Å²) in [5.41, 5.74) is 1.57. The van der Waals surface area contributed by atoms with Crippen molar-refractivity contribution in [3.63, 3.8) is 0 Å². The number of rotatable bonds is 9. The lowest BCUT2D eigenvalue weighted by Crippen LogP contribution is -2.47. The molecular formula is C24H29N5O5. The molecule has 10 nitrogen and oxygen atoms in total. The van der Waals surface area contributed by atoms with E-state index in [1.165, 1.54) is 22.8 Å².